The summed E-state index contributed by atoms with van der Waals surface area (Å²) in [4.78, 5) is 13.4. The van der Waals surface area contributed by atoms with Gasteiger partial charge in [-0.25, -0.2) is 0 Å². The highest BCUT2D eigenvalue weighted by Gasteiger charge is 2.22. The molecule has 0 bridgehead atoms. The molecule has 0 heterocycles. The van der Waals surface area contributed by atoms with Crippen LogP contribution in [0.15, 0.2) is 29.2 Å². The van der Waals surface area contributed by atoms with Gasteiger partial charge in [0, 0.05) is 10.8 Å². The normalized spacial score (nSPS) is 18.0. The summed E-state index contributed by atoms with van der Waals surface area (Å²) in [5.41, 5.74) is 1.18. The minimum Gasteiger partial charge on any atom is -0.349 e. The number of nitrogens with one attached hydrogen (secondary N) is 1. The predicted molar refractivity (Wildman–Crippen MR) is 81.4 cm³/mol. The molecule has 1 aliphatic rings. The van der Waals surface area contributed by atoms with E-state index in [0.717, 1.165) is 12.8 Å². The average Bonchev–Trinajstić information content (AvgIpc) is 2.48. The molecule has 1 amide bonds. The van der Waals surface area contributed by atoms with Crippen LogP contribution in [0, 0.1) is 5.92 Å². The van der Waals surface area contributed by atoms with Crippen LogP contribution in [-0.4, -0.2) is 12.2 Å². The molecular formula is C16H23NOS. The second-order valence-corrected chi connectivity index (χ2v) is 6.22. The molecule has 1 unspecified atom stereocenters. The number of thioether (sulfide) groups is 1. The third-order valence-electron chi connectivity index (χ3n) is 3.95. The van der Waals surface area contributed by atoms with Crippen molar-refractivity contribution in [2.75, 3.05) is 6.26 Å². The third-order valence-corrected chi connectivity index (χ3v) is 4.69. The molecule has 0 aliphatic heterocycles. The Morgan fingerprint density at radius 1 is 1.21 bits per heavy atom. The fraction of sp³-hybridized carbons (Fsp3) is 0.562. The first kappa shape index (κ1) is 14.4. The van der Waals surface area contributed by atoms with Crippen molar-refractivity contribution in [2.24, 2.45) is 5.92 Å². The molecule has 2 rings (SSSR count). The van der Waals surface area contributed by atoms with Crippen molar-refractivity contribution in [1.29, 1.82) is 0 Å². The van der Waals surface area contributed by atoms with E-state index in [-0.39, 0.29) is 17.9 Å². The molecule has 1 aliphatic carbocycles. The molecular weight excluding hydrogens is 254 g/mol. The van der Waals surface area contributed by atoms with Crippen molar-refractivity contribution in [3.8, 4) is 0 Å². The lowest BCUT2D eigenvalue weighted by Gasteiger charge is -2.23. The molecule has 19 heavy (non-hydrogen) atoms. The Morgan fingerprint density at radius 3 is 2.42 bits per heavy atom. The molecule has 3 heteroatoms. The Kier molecular flexibility index (Phi) is 5.32. The largest absolute Gasteiger partial charge is 0.349 e. The van der Waals surface area contributed by atoms with Gasteiger partial charge in [-0.1, -0.05) is 31.4 Å². The molecule has 0 saturated heterocycles. The summed E-state index contributed by atoms with van der Waals surface area (Å²) in [5.74, 6) is 0.475. The third kappa shape index (κ3) is 4.00. The number of carbonyl (C=O) groups is 1. The van der Waals surface area contributed by atoms with Crippen molar-refractivity contribution in [2.45, 2.75) is 50.0 Å². The molecule has 0 spiro atoms. The Bertz CT molecular complexity index is 409. The maximum absolute atomic E-state index is 12.2. The lowest BCUT2D eigenvalue weighted by molar-refractivity contribution is -0.126. The minimum absolute atomic E-state index is 0.102. The molecule has 1 saturated carbocycles. The van der Waals surface area contributed by atoms with E-state index in [9.17, 15) is 4.79 Å². The number of carbonyl (C=O) groups excluding carboxylic acids is 1. The first-order valence-electron chi connectivity index (χ1n) is 7.15. The maximum Gasteiger partial charge on any atom is 0.223 e. The van der Waals surface area contributed by atoms with Gasteiger partial charge in [-0.15, -0.1) is 11.8 Å². The summed E-state index contributed by atoms with van der Waals surface area (Å²) >= 11 is 1.74. The molecule has 2 nitrogen and oxygen atoms in total. The zero-order valence-corrected chi connectivity index (χ0v) is 12.6. The minimum atomic E-state index is 0.102. The van der Waals surface area contributed by atoms with Gasteiger partial charge in [-0.05, 0) is 43.7 Å². The molecule has 1 aromatic rings. The van der Waals surface area contributed by atoms with E-state index in [1.54, 1.807) is 11.8 Å². The van der Waals surface area contributed by atoms with Crippen LogP contribution in [0.3, 0.4) is 0 Å². The van der Waals surface area contributed by atoms with Crippen LogP contribution in [0.2, 0.25) is 0 Å². The average molecular weight is 277 g/mol. The van der Waals surface area contributed by atoms with Crippen LogP contribution < -0.4 is 5.32 Å². The number of amides is 1. The van der Waals surface area contributed by atoms with Crippen molar-refractivity contribution in [3.05, 3.63) is 29.8 Å². The van der Waals surface area contributed by atoms with Gasteiger partial charge in [0.1, 0.15) is 0 Å². The van der Waals surface area contributed by atoms with Gasteiger partial charge >= 0.3 is 0 Å². The van der Waals surface area contributed by atoms with Crippen molar-refractivity contribution >= 4 is 17.7 Å². The highest BCUT2D eigenvalue weighted by atomic mass is 32.2. The monoisotopic (exact) mass is 277 g/mol. The smallest absolute Gasteiger partial charge is 0.223 e. The van der Waals surface area contributed by atoms with Gasteiger partial charge in [0.25, 0.3) is 0 Å². The first-order chi connectivity index (χ1) is 9.20. The van der Waals surface area contributed by atoms with Crippen LogP contribution in [0.5, 0.6) is 0 Å². The van der Waals surface area contributed by atoms with Crippen LogP contribution in [0.4, 0.5) is 0 Å². The zero-order chi connectivity index (χ0) is 13.7. The fourth-order valence-electron chi connectivity index (χ4n) is 2.67. The second-order valence-electron chi connectivity index (χ2n) is 5.34. The predicted octanol–water partition coefficient (Wildman–Crippen LogP) is 4.17. The lowest BCUT2D eigenvalue weighted by Crippen LogP contribution is -2.33. The van der Waals surface area contributed by atoms with Gasteiger partial charge in [0.15, 0.2) is 0 Å². The van der Waals surface area contributed by atoms with Gasteiger partial charge in [0.05, 0.1) is 6.04 Å². The number of rotatable bonds is 4. The summed E-state index contributed by atoms with van der Waals surface area (Å²) < 4.78 is 0. The van der Waals surface area contributed by atoms with Gasteiger partial charge in [-0.2, -0.15) is 0 Å². The Morgan fingerprint density at radius 2 is 1.84 bits per heavy atom. The molecule has 1 N–H and O–H groups in total. The van der Waals surface area contributed by atoms with E-state index < -0.39 is 0 Å². The van der Waals surface area contributed by atoms with E-state index in [1.807, 2.05) is 0 Å². The zero-order valence-electron chi connectivity index (χ0n) is 11.8. The van der Waals surface area contributed by atoms with Crippen LogP contribution in [0.1, 0.15) is 50.6 Å². The molecule has 1 fully saturated rings. The van der Waals surface area contributed by atoms with E-state index in [4.69, 9.17) is 0 Å². The topological polar surface area (TPSA) is 29.1 Å². The van der Waals surface area contributed by atoms with Crippen molar-refractivity contribution < 1.29 is 4.79 Å². The molecule has 104 valence electrons. The van der Waals surface area contributed by atoms with Crippen LogP contribution in [-0.2, 0) is 4.79 Å². The fourth-order valence-corrected chi connectivity index (χ4v) is 3.08. The highest BCUT2D eigenvalue weighted by molar-refractivity contribution is 7.98. The molecule has 1 aromatic carbocycles. The quantitative estimate of drug-likeness (QED) is 0.837. The van der Waals surface area contributed by atoms with Crippen LogP contribution in [0.25, 0.3) is 0 Å². The summed E-state index contributed by atoms with van der Waals surface area (Å²) in [6, 6.07) is 8.55. The Balaban J connectivity index is 1.91. The van der Waals surface area contributed by atoms with Gasteiger partial charge in [0.2, 0.25) is 5.91 Å². The van der Waals surface area contributed by atoms with Gasteiger partial charge in [-0.3, -0.25) is 4.79 Å². The highest BCUT2D eigenvalue weighted by Crippen LogP contribution is 2.25. The number of hydrogen-bond acceptors (Lipinski definition) is 2. The standard InChI is InChI=1S/C16H23NOS/c1-12(13-8-10-15(19-2)11-9-13)17-16(18)14-6-4-3-5-7-14/h8-12,14H,3-7H2,1-2H3,(H,17,18). The van der Waals surface area contributed by atoms with E-state index in [1.165, 1.54) is 29.7 Å². The SMILES string of the molecule is CSc1ccc(C(C)NC(=O)C2CCCCC2)cc1. The van der Waals surface area contributed by atoms with E-state index in [2.05, 4.69) is 42.8 Å². The Labute approximate surface area is 120 Å². The second kappa shape index (κ2) is 6.99. The molecule has 0 aromatic heterocycles. The Hall–Kier alpha value is -0.960. The summed E-state index contributed by atoms with van der Waals surface area (Å²) in [6.45, 7) is 2.06. The van der Waals surface area contributed by atoms with Crippen molar-refractivity contribution in [3.63, 3.8) is 0 Å². The summed E-state index contributed by atoms with van der Waals surface area (Å²) in [5, 5.41) is 3.16. The summed E-state index contributed by atoms with van der Waals surface area (Å²) in [6.07, 6.45) is 7.89. The van der Waals surface area contributed by atoms with E-state index in [0.29, 0.717) is 0 Å². The molecule has 1 atom stereocenters. The van der Waals surface area contributed by atoms with E-state index >= 15 is 0 Å². The van der Waals surface area contributed by atoms with Gasteiger partial charge < -0.3 is 5.32 Å². The summed E-state index contributed by atoms with van der Waals surface area (Å²) in [7, 11) is 0. The first-order valence-corrected chi connectivity index (χ1v) is 8.37. The van der Waals surface area contributed by atoms with Crippen molar-refractivity contribution in [1.82, 2.24) is 5.32 Å². The number of benzene rings is 1. The molecule has 0 radical (unpaired) electrons. The lowest BCUT2D eigenvalue weighted by atomic mass is 9.88. The maximum atomic E-state index is 12.2. The number of hydrogen-bond donors (Lipinski definition) is 1. The van der Waals surface area contributed by atoms with Crippen LogP contribution >= 0.6 is 11.8 Å².